The fourth-order valence-corrected chi connectivity index (χ4v) is 4.66. The summed E-state index contributed by atoms with van der Waals surface area (Å²) in [5.41, 5.74) is -6.43. The average Bonchev–Trinajstić information content (AvgIpc) is 3.33. The molecule has 0 nitrogen and oxygen atoms in total. The van der Waals surface area contributed by atoms with E-state index in [-0.39, 0.29) is 0 Å². The Kier molecular flexibility index (Phi) is 2.19. The lowest BCUT2D eigenvalue weighted by Gasteiger charge is -2.19. The molecule has 0 radical (unpaired) electrons. The van der Waals surface area contributed by atoms with Gasteiger partial charge in [-0.1, -0.05) is 163 Å². The van der Waals surface area contributed by atoms with Crippen molar-refractivity contribution in [2.75, 3.05) is 0 Å². The first kappa shape index (κ1) is 9.02. The minimum absolute atomic E-state index is 0.629. The molecule has 0 saturated carbocycles. The SMILES string of the molecule is [2H]c1c([2H])c([2H])c(-c2c([2H])c([2H])c([2H])c(-c3c([2H])c([2H])c(-c4c5c([2H])c([2H])c([2H])c([2H])c5c(-c5c([2H])c([2H])c([2H])c6c([2H])c([2H])c([2H])c([2H])c56)c5c([2H])c([2H])c([2H])c([2H])c45)c([2H])c3[2H])c2[2H])c([2H])c1[2H]. The normalized spacial score (nSPS) is 20.7. The lowest BCUT2D eigenvalue weighted by Crippen LogP contribution is -1.91. The summed E-state index contributed by atoms with van der Waals surface area (Å²) in [4.78, 5) is 0. The third-order valence-corrected chi connectivity index (χ3v) is 6.44. The fraction of sp³-hybridized carbons (Fsp3) is 0. The molecule has 0 aliphatic heterocycles. The van der Waals surface area contributed by atoms with Crippen LogP contribution in [-0.2, 0) is 0 Å². The molecular weight excluding hydrogens is 504 g/mol. The van der Waals surface area contributed by atoms with Crippen LogP contribution in [0.3, 0.4) is 0 Å². The molecule has 0 amide bonds. The zero-order valence-corrected chi connectivity index (χ0v) is 21.0. The van der Waals surface area contributed by atoms with Gasteiger partial charge >= 0.3 is 0 Å². The van der Waals surface area contributed by atoms with E-state index in [1.807, 2.05) is 0 Å². The van der Waals surface area contributed by atoms with Gasteiger partial charge in [-0.2, -0.15) is 0 Å². The van der Waals surface area contributed by atoms with E-state index in [1.54, 1.807) is 0 Å². The summed E-state index contributed by atoms with van der Waals surface area (Å²) in [5, 5.41) is -4.29. The van der Waals surface area contributed by atoms with Gasteiger partial charge in [0.1, 0.15) is 0 Å². The summed E-state index contributed by atoms with van der Waals surface area (Å²) < 4.78 is 248. The molecule has 0 aliphatic rings. The van der Waals surface area contributed by atoms with Gasteiger partial charge in [0.15, 0.2) is 0 Å². The summed E-state index contributed by atoms with van der Waals surface area (Å²) in [7, 11) is 0. The first-order chi connectivity index (χ1) is 32.5. The molecule has 8 aromatic carbocycles. The zero-order chi connectivity index (χ0) is 52.2. The van der Waals surface area contributed by atoms with Crippen LogP contribution < -0.4 is 0 Å². The number of hydrogen-bond acceptors (Lipinski definition) is 0. The third kappa shape index (κ3) is 4.08. The molecule has 0 spiro atoms. The Hall–Kier alpha value is -5.46. The van der Waals surface area contributed by atoms with Crippen molar-refractivity contribution in [2.45, 2.75) is 0 Å². The Morgan fingerprint density at radius 3 is 1.36 bits per heavy atom. The summed E-state index contributed by atoms with van der Waals surface area (Å²) in [5.74, 6) is 0. The third-order valence-electron chi connectivity index (χ3n) is 6.44. The molecule has 8 rings (SSSR count). The van der Waals surface area contributed by atoms with E-state index in [4.69, 9.17) is 24.7 Å². The van der Waals surface area contributed by atoms with Gasteiger partial charge in [0.05, 0.1) is 38.4 Å². The fourth-order valence-electron chi connectivity index (χ4n) is 4.66. The van der Waals surface area contributed by atoms with Crippen molar-refractivity contribution in [1.82, 2.24) is 0 Å². The molecular formula is C42H28. The highest BCUT2D eigenvalue weighted by molar-refractivity contribution is 6.23. The largest absolute Gasteiger partial charge is 0.0636 e. The smallest absolute Gasteiger partial charge is 0.0622 e. The van der Waals surface area contributed by atoms with E-state index in [0.717, 1.165) is 0 Å². The Morgan fingerprint density at radius 2 is 0.714 bits per heavy atom. The van der Waals surface area contributed by atoms with E-state index >= 15 is 0 Å². The maximum Gasteiger partial charge on any atom is 0.0636 e. The van der Waals surface area contributed by atoms with Crippen molar-refractivity contribution in [3.05, 3.63) is 169 Å². The lowest BCUT2D eigenvalue weighted by molar-refractivity contribution is 1.58. The van der Waals surface area contributed by atoms with Crippen LogP contribution in [-0.4, -0.2) is 0 Å². The van der Waals surface area contributed by atoms with Crippen LogP contribution >= 0.6 is 0 Å². The van der Waals surface area contributed by atoms with Crippen LogP contribution in [0.2, 0.25) is 0 Å². The van der Waals surface area contributed by atoms with Crippen LogP contribution in [0.5, 0.6) is 0 Å². The van der Waals surface area contributed by atoms with Crippen molar-refractivity contribution in [2.24, 2.45) is 0 Å². The lowest BCUT2D eigenvalue weighted by atomic mass is 9.84. The van der Waals surface area contributed by atoms with Crippen LogP contribution in [0.25, 0.3) is 76.8 Å². The molecule has 0 aromatic heterocycles. The summed E-state index contributed by atoms with van der Waals surface area (Å²) >= 11 is 0. The van der Waals surface area contributed by atoms with E-state index in [9.17, 15) is 13.7 Å². The monoisotopic (exact) mass is 560 g/mol. The Balaban J connectivity index is 1.65. The maximum absolute atomic E-state index is 9.49. The van der Waals surface area contributed by atoms with Crippen molar-refractivity contribution in [3.8, 4) is 44.5 Å². The van der Waals surface area contributed by atoms with Crippen LogP contribution in [0.4, 0.5) is 0 Å². The highest BCUT2D eigenvalue weighted by Crippen LogP contribution is 2.45. The van der Waals surface area contributed by atoms with Gasteiger partial charge in [-0.05, 0) is 82.9 Å². The van der Waals surface area contributed by atoms with Gasteiger partial charge in [-0.3, -0.25) is 0 Å². The maximum atomic E-state index is 9.49. The first-order valence-corrected chi connectivity index (χ1v) is 12.2. The first-order valence-electron chi connectivity index (χ1n) is 26.2. The predicted molar refractivity (Wildman–Crippen MR) is 181 cm³/mol. The molecule has 0 atom stereocenters. The summed E-state index contributed by atoms with van der Waals surface area (Å²) in [6.45, 7) is 0. The van der Waals surface area contributed by atoms with E-state index in [0.29, 0.717) is 0 Å². The van der Waals surface area contributed by atoms with Gasteiger partial charge < -0.3 is 0 Å². The highest BCUT2D eigenvalue weighted by atomic mass is 14.2. The van der Waals surface area contributed by atoms with Gasteiger partial charge in [0.2, 0.25) is 0 Å². The molecule has 0 bridgehead atoms. The quantitative estimate of drug-likeness (QED) is 0.188. The van der Waals surface area contributed by atoms with Gasteiger partial charge in [-0.15, -0.1) is 0 Å². The topological polar surface area (TPSA) is 0 Å². The number of hydrogen-bond donors (Lipinski definition) is 0. The molecule has 196 valence electrons. The van der Waals surface area contributed by atoms with Gasteiger partial charge in [0.25, 0.3) is 0 Å². The van der Waals surface area contributed by atoms with Crippen molar-refractivity contribution in [3.63, 3.8) is 0 Å². The highest BCUT2D eigenvalue weighted by Gasteiger charge is 2.17. The zero-order valence-electron chi connectivity index (χ0n) is 49.0. The van der Waals surface area contributed by atoms with Gasteiger partial charge in [-0.25, -0.2) is 0 Å². The van der Waals surface area contributed by atoms with Crippen molar-refractivity contribution < 1.29 is 38.4 Å². The standard InChI is InChI=1S/C42H28/c1-2-12-29(13-3-1)33-16-10-17-34(28-33)30-24-26-32(27-25-30)41-37-19-6-8-21-39(37)42(40-22-9-7-20-38(40)41)36-23-11-15-31-14-4-5-18-35(31)36/h1-28H/i1D,2D,3D,4D,5D,6D,7D,8D,9D,10D,11D,12D,13D,14D,15D,16D,17D,18D,19D,20D,21D,22D,23D,24D,25D,26D,27D,28D. The van der Waals surface area contributed by atoms with Crippen molar-refractivity contribution in [1.29, 1.82) is 0 Å². The molecule has 0 heteroatoms. The van der Waals surface area contributed by atoms with E-state index < -0.39 is 246 Å². The molecule has 0 heterocycles. The second-order valence-electron chi connectivity index (χ2n) is 8.75. The Bertz CT molecular complexity index is 3650. The molecule has 42 heavy (non-hydrogen) atoms. The average molecular weight is 561 g/mol. The summed E-state index contributed by atoms with van der Waals surface area (Å²) in [6.07, 6.45) is 0. The molecule has 8 aromatic rings. The molecule has 0 fully saturated rings. The number of rotatable bonds is 4. The minimum Gasteiger partial charge on any atom is -0.0622 e. The number of fused-ring (bicyclic) bond motifs is 3. The number of benzene rings is 8. The minimum atomic E-state index is -1.14. The van der Waals surface area contributed by atoms with Crippen LogP contribution in [0.1, 0.15) is 38.4 Å². The van der Waals surface area contributed by atoms with Crippen LogP contribution in [0.15, 0.2) is 169 Å². The molecule has 0 saturated heterocycles. The van der Waals surface area contributed by atoms with E-state index in [2.05, 4.69) is 0 Å². The van der Waals surface area contributed by atoms with E-state index in [1.165, 1.54) is 0 Å². The van der Waals surface area contributed by atoms with Gasteiger partial charge in [0, 0.05) is 0 Å². The molecule has 0 N–H and O–H groups in total. The molecule has 0 aliphatic carbocycles. The van der Waals surface area contributed by atoms with Crippen molar-refractivity contribution >= 4 is 32.3 Å². The summed E-state index contributed by atoms with van der Waals surface area (Å²) in [6, 6.07) is -27.3. The Morgan fingerprint density at radius 1 is 0.286 bits per heavy atom. The molecule has 0 unspecified atom stereocenters. The predicted octanol–water partition coefficient (Wildman–Crippen LogP) is 11.8. The Labute approximate surface area is 285 Å². The van der Waals surface area contributed by atoms with Crippen LogP contribution in [0, 0.1) is 0 Å². The second-order valence-corrected chi connectivity index (χ2v) is 8.75. The second kappa shape index (κ2) is 10.2.